The third-order valence-electron chi connectivity index (χ3n) is 1.97. The van der Waals surface area contributed by atoms with Crippen LogP contribution in [-0.2, 0) is 4.79 Å². The first-order chi connectivity index (χ1) is 6.91. The molecule has 0 aliphatic carbocycles. The molecule has 0 N–H and O–H groups in total. The molecule has 0 spiro atoms. The second-order valence-electron chi connectivity index (χ2n) is 4.41. The Bertz CT molecular complexity index is 288. The van der Waals surface area contributed by atoms with Gasteiger partial charge in [-0.25, -0.2) is 0 Å². The fourth-order valence-corrected chi connectivity index (χ4v) is 1.55. The standard InChI is InChI=1S/C14H22O/c1-11(2)9-13(4)10-12(3)7-6-8-14(5)15/h6-9,13H,10H2,1-5H3/b8-6+,12-7+. The Hall–Kier alpha value is -1.11. The van der Waals surface area contributed by atoms with Crippen LogP contribution in [0, 0.1) is 5.92 Å². The van der Waals surface area contributed by atoms with E-state index in [1.165, 1.54) is 11.1 Å². The van der Waals surface area contributed by atoms with E-state index in [1.807, 2.05) is 12.2 Å². The van der Waals surface area contributed by atoms with Crippen molar-refractivity contribution in [3.05, 3.63) is 35.5 Å². The first-order valence-electron chi connectivity index (χ1n) is 5.41. The average molecular weight is 206 g/mol. The van der Waals surface area contributed by atoms with E-state index in [-0.39, 0.29) is 5.78 Å². The van der Waals surface area contributed by atoms with Crippen LogP contribution < -0.4 is 0 Å². The number of hydrogen-bond acceptors (Lipinski definition) is 1. The van der Waals surface area contributed by atoms with Crippen LogP contribution in [0.25, 0.3) is 0 Å². The van der Waals surface area contributed by atoms with E-state index in [0.717, 1.165) is 6.42 Å². The summed E-state index contributed by atoms with van der Waals surface area (Å²) in [4.78, 5) is 10.7. The molecular weight excluding hydrogens is 184 g/mol. The van der Waals surface area contributed by atoms with Crippen molar-refractivity contribution in [3.8, 4) is 0 Å². The minimum absolute atomic E-state index is 0.0939. The highest BCUT2D eigenvalue weighted by Gasteiger charge is 1.98. The largest absolute Gasteiger partial charge is 0.295 e. The molecule has 1 atom stereocenters. The molecule has 1 nitrogen and oxygen atoms in total. The predicted molar refractivity (Wildman–Crippen MR) is 66.8 cm³/mol. The SMILES string of the molecule is CC(=O)/C=C/C=C(\C)CC(C)C=C(C)C. The third kappa shape index (κ3) is 9.20. The number of rotatable bonds is 5. The zero-order valence-corrected chi connectivity index (χ0v) is 10.5. The lowest BCUT2D eigenvalue weighted by Crippen LogP contribution is -1.91. The Morgan fingerprint density at radius 3 is 2.27 bits per heavy atom. The third-order valence-corrected chi connectivity index (χ3v) is 1.97. The van der Waals surface area contributed by atoms with Crippen LogP contribution in [-0.4, -0.2) is 5.78 Å². The molecule has 0 radical (unpaired) electrons. The van der Waals surface area contributed by atoms with Crippen molar-refractivity contribution in [1.29, 1.82) is 0 Å². The molecule has 0 aliphatic heterocycles. The maximum atomic E-state index is 10.7. The monoisotopic (exact) mass is 206 g/mol. The summed E-state index contributed by atoms with van der Waals surface area (Å²) in [6.07, 6.45) is 8.75. The summed E-state index contributed by atoms with van der Waals surface area (Å²) in [6.45, 7) is 10.1. The maximum absolute atomic E-state index is 10.7. The molecule has 0 saturated heterocycles. The lowest BCUT2D eigenvalue weighted by Gasteiger charge is -2.06. The van der Waals surface area contributed by atoms with Crippen LogP contribution in [0.15, 0.2) is 35.5 Å². The molecule has 0 amide bonds. The fourth-order valence-electron chi connectivity index (χ4n) is 1.55. The van der Waals surface area contributed by atoms with Gasteiger partial charge >= 0.3 is 0 Å². The zero-order chi connectivity index (χ0) is 11.8. The van der Waals surface area contributed by atoms with Crippen molar-refractivity contribution < 1.29 is 4.79 Å². The molecule has 0 aromatic carbocycles. The van der Waals surface area contributed by atoms with Crippen LogP contribution in [0.5, 0.6) is 0 Å². The lowest BCUT2D eigenvalue weighted by molar-refractivity contribution is -0.112. The van der Waals surface area contributed by atoms with Gasteiger partial charge in [0.2, 0.25) is 0 Å². The summed E-state index contributed by atoms with van der Waals surface area (Å²) in [6, 6.07) is 0. The number of carbonyl (C=O) groups is 1. The van der Waals surface area contributed by atoms with Crippen molar-refractivity contribution in [1.82, 2.24) is 0 Å². The van der Waals surface area contributed by atoms with Crippen LogP contribution in [0.1, 0.15) is 41.0 Å². The predicted octanol–water partition coefficient (Wildman–Crippen LogP) is 4.07. The van der Waals surface area contributed by atoms with Gasteiger partial charge in [0.15, 0.2) is 5.78 Å². The van der Waals surface area contributed by atoms with E-state index in [1.54, 1.807) is 13.0 Å². The van der Waals surface area contributed by atoms with Crippen LogP contribution in [0.2, 0.25) is 0 Å². The van der Waals surface area contributed by atoms with Crippen molar-refractivity contribution in [2.75, 3.05) is 0 Å². The smallest absolute Gasteiger partial charge is 0.152 e. The molecule has 84 valence electrons. The summed E-state index contributed by atoms with van der Waals surface area (Å²) in [5, 5.41) is 0. The van der Waals surface area contributed by atoms with Gasteiger partial charge in [0.1, 0.15) is 0 Å². The average Bonchev–Trinajstić information content (AvgIpc) is 2.00. The highest BCUT2D eigenvalue weighted by Crippen LogP contribution is 2.13. The summed E-state index contributed by atoms with van der Waals surface area (Å²) < 4.78 is 0. The Kier molecular flexibility index (Phi) is 6.68. The van der Waals surface area contributed by atoms with Gasteiger partial charge < -0.3 is 0 Å². The van der Waals surface area contributed by atoms with Crippen LogP contribution >= 0.6 is 0 Å². The first kappa shape index (κ1) is 13.9. The molecule has 0 aromatic heterocycles. The molecule has 0 saturated carbocycles. The van der Waals surface area contributed by atoms with Crippen molar-refractivity contribution in [2.45, 2.75) is 41.0 Å². The van der Waals surface area contributed by atoms with E-state index in [0.29, 0.717) is 5.92 Å². The molecule has 0 aromatic rings. The van der Waals surface area contributed by atoms with E-state index in [4.69, 9.17) is 0 Å². The number of carbonyl (C=O) groups excluding carboxylic acids is 1. The highest BCUT2D eigenvalue weighted by molar-refractivity contribution is 5.87. The second kappa shape index (κ2) is 7.22. The van der Waals surface area contributed by atoms with Crippen molar-refractivity contribution in [2.24, 2.45) is 5.92 Å². The molecule has 0 fully saturated rings. The molecule has 0 bridgehead atoms. The molecule has 0 aliphatic rings. The van der Waals surface area contributed by atoms with E-state index in [2.05, 4.69) is 33.8 Å². The maximum Gasteiger partial charge on any atom is 0.152 e. The van der Waals surface area contributed by atoms with Crippen molar-refractivity contribution in [3.63, 3.8) is 0 Å². The van der Waals surface area contributed by atoms with Gasteiger partial charge in [-0.05, 0) is 46.1 Å². The topological polar surface area (TPSA) is 17.1 Å². The van der Waals surface area contributed by atoms with E-state index < -0.39 is 0 Å². The minimum Gasteiger partial charge on any atom is -0.295 e. The van der Waals surface area contributed by atoms with E-state index >= 15 is 0 Å². The van der Waals surface area contributed by atoms with Gasteiger partial charge in [0.25, 0.3) is 0 Å². The molecule has 0 rings (SSSR count). The molecule has 1 heteroatoms. The minimum atomic E-state index is 0.0939. The first-order valence-corrected chi connectivity index (χ1v) is 5.41. The Morgan fingerprint density at radius 2 is 1.80 bits per heavy atom. The Labute approximate surface area is 93.6 Å². The van der Waals surface area contributed by atoms with Crippen LogP contribution in [0.3, 0.4) is 0 Å². The second-order valence-corrected chi connectivity index (χ2v) is 4.41. The van der Waals surface area contributed by atoms with Gasteiger partial charge in [-0.2, -0.15) is 0 Å². The Morgan fingerprint density at radius 1 is 1.20 bits per heavy atom. The summed E-state index contributed by atoms with van der Waals surface area (Å²) in [5.41, 5.74) is 2.66. The van der Waals surface area contributed by atoms with Crippen LogP contribution in [0.4, 0.5) is 0 Å². The summed E-state index contributed by atoms with van der Waals surface area (Å²) in [7, 11) is 0. The van der Waals surface area contributed by atoms with Gasteiger partial charge in [-0.15, -0.1) is 0 Å². The molecule has 1 unspecified atom stereocenters. The number of ketones is 1. The normalized spacial score (nSPS) is 14.1. The fraction of sp³-hybridized carbons (Fsp3) is 0.500. The van der Waals surface area contributed by atoms with Gasteiger partial charge in [-0.3, -0.25) is 4.79 Å². The Balaban J connectivity index is 4.18. The zero-order valence-electron chi connectivity index (χ0n) is 10.5. The molecule has 15 heavy (non-hydrogen) atoms. The number of hydrogen-bond donors (Lipinski definition) is 0. The highest BCUT2D eigenvalue weighted by atomic mass is 16.1. The summed E-state index contributed by atoms with van der Waals surface area (Å²) in [5.74, 6) is 0.661. The number of allylic oxidation sites excluding steroid dienone is 6. The van der Waals surface area contributed by atoms with Gasteiger partial charge in [0, 0.05) is 0 Å². The van der Waals surface area contributed by atoms with E-state index in [9.17, 15) is 4.79 Å². The lowest BCUT2D eigenvalue weighted by atomic mass is 10.00. The quantitative estimate of drug-likeness (QED) is 0.376. The van der Waals surface area contributed by atoms with Gasteiger partial charge in [0.05, 0.1) is 0 Å². The molecule has 0 heterocycles. The van der Waals surface area contributed by atoms with Gasteiger partial charge in [-0.1, -0.05) is 36.3 Å². The van der Waals surface area contributed by atoms with Crippen molar-refractivity contribution >= 4 is 5.78 Å². The summed E-state index contributed by atoms with van der Waals surface area (Å²) >= 11 is 0. The molecular formula is C14H22O.